The van der Waals surface area contributed by atoms with Crippen molar-refractivity contribution in [1.82, 2.24) is 19.2 Å². The molecule has 1 atom stereocenters. The lowest BCUT2D eigenvalue weighted by Gasteiger charge is -2.31. The molecule has 0 saturated carbocycles. The second kappa shape index (κ2) is 10.0. The Hall–Kier alpha value is -3.49. The number of hydrogen-bond donors (Lipinski definition) is 1. The van der Waals surface area contributed by atoms with Crippen molar-refractivity contribution in [2.24, 2.45) is 0 Å². The Morgan fingerprint density at radius 3 is 2.39 bits per heavy atom. The van der Waals surface area contributed by atoms with Gasteiger partial charge in [0.15, 0.2) is 5.76 Å². The van der Waals surface area contributed by atoms with Gasteiger partial charge in [-0.05, 0) is 42.0 Å². The molecule has 1 unspecified atom stereocenters. The third-order valence-electron chi connectivity index (χ3n) is 7.64. The summed E-state index contributed by atoms with van der Waals surface area (Å²) in [4.78, 5) is 35.5. The van der Waals surface area contributed by atoms with Crippen LogP contribution in [0.15, 0.2) is 48.2 Å². The second-order valence-corrected chi connectivity index (χ2v) is 11.2. The molecule has 200 valence electrons. The van der Waals surface area contributed by atoms with Crippen molar-refractivity contribution in [3.8, 4) is 0 Å². The van der Waals surface area contributed by atoms with Gasteiger partial charge >= 0.3 is 0 Å². The van der Waals surface area contributed by atoms with E-state index in [-0.39, 0.29) is 16.7 Å². The number of fused-ring (bicyclic) bond motifs is 1. The van der Waals surface area contributed by atoms with Gasteiger partial charge in [0.25, 0.3) is 11.7 Å². The molecule has 1 amide bonds. The number of aliphatic hydroxyl groups excluding tert-OH is 1. The number of aromatic nitrogens is 2. The number of carbonyl (C=O) groups excluding carboxylic acids is 2. The van der Waals surface area contributed by atoms with Gasteiger partial charge in [-0.2, -0.15) is 0 Å². The van der Waals surface area contributed by atoms with E-state index in [4.69, 9.17) is 4.74 Å². The summed E-state index contributed by atoms with van der Waals surface area (Å²) >= 11 is 0. The van der Waals surface area contributed by atoms with E-state index >= 15 is 0 Å². The van der Waals surface area contributed by atoms with E-state index in [2.05, 4.69) is 30.7 Å². The van der Waals surface area contributed by atoms with Gasteiger partial charge in [0.1, 0.15) is 11.3 Å². The van der Waals surface area contributed by atoms with Crippen molar-refractivity contribution in [1.29, 1.82) is 0 Å². The van der Waals surface area contributed by atoms with Gasteiger partial charge in [-0.3, -0.25) is 18.9 Å². The minimum absolute atomic E-state index is 0.0395. The lowest BCUT2D eigenvalue weighted by atomic mass is 9.85. The smallest absolute Gasteiger partial charge is 0.295 e. The topological polar surface area (TPSA) is 87.4 Å². The van der Waals surface area contributed by atoms with Gasteiger partial charge in [-0.25, -0.2) is 4.98 Å². The van der Waals surface area contributed by atoms with Gasteiger partial charge < -0.3 is 14.7 Å². The molecule has 38 heavy (non-hydrogen) atoms. The maximum atomic E-state index is 13.6. The van der Waals surface area contributed by atoms with Crippen LogP contribution >= 0.6 is 0 Å². The van der Waals surface area contributed by atoms with E-state index in [0.717, 1.165) is 29.8 Å². The fourth-order valence-electron chi connectivity index (χ4n) is 5.43. The lowest BCUT2D eigenvalue weighted by Crippen LogP contribution is -2.42. The molecule has 0 radical (unpaired) electrons. The highest BCUT2D eigenvalue weighted by Crippen LogP contribution is 2.40. The number of benzene rings is 1. The highest BCUT2D eigenvalue weighted by atomic mass is 16.5. The molecular weight excluding hydrogens is 480 g/mol. The van der Waals surface area contributed by atoms with Gasteiger partial charge in [-0.15, -0.1) is 0 Å². The first-order chi connectivity index (χ1) is 18.1. The van der Waals surface area contributed by atoms with Crippen LogP contribution in [0.2, 0.25) is 0 Å². The Labute approximate surface area is 223 Å². The molecule has 2 aliphatic heterocycles. The quantitative estimate of drug-likeness (QED) is 0.313. The zero-order valence-electron chi connectivity index (χ0n) is 22.8. The number of morpholine rings is 1. The molecule has 1 aromatic carbocycles. The zero-order valence-corrected chi connectivity index (χ0v) is 22.8. The third kappa shape index (κ3) is 4.63. The van der Waals surface area contributed by atoms with Crippen LogP contribution in [0.3, 0.4) is 0 Å². The lowest BCUT2D eigenvalue weighted by molar-refractivity contribution is -0.140. The average Bonchev–Trinajstić information content (AvgIpc) is 3.36. The number of nitrogens with zero attached hydrogens (tertiary/aromatic N) is 4. The van der Waals surface area contributed by atoms with E-state index in [1.54, 1.807) is 9.30 Å². The van der Waals surface area contributed by atoms with E-state index in [1.807, 2.05) is 56.4 Å². The summed E-state index contributed by atoms with van der Waals surface area (Å²) in [6.07, 6.45) is 1.82. The van der Waals surface area contributed by atoms with Crippen LogP contribution in [0.5, 0.6) is 0 Å². The van der Waals surface area contributed by atoms with Crippen molar-refractivity contribution in [3.63, 3.8) is 0 Å². The molecule has 2 saturated heterocycles. The van der Waals surface area contributed by atoms with Crippen molar-refractivity contribution in [3.05, 3.63) is 76.2 Å². The molecule has 1 N–H and O–H groups in total. The highest BCUT2D eigenvalue weighted by molar-refractivity contribution is 6.46. The SMILES string of the molecule is Cc1nc2c(C)cccn2c1/C(O)=C1\C(=O)C(=O)N(CCN2CCOCC2)C1c1ccc(C(C)(C)C)cc1. The van der Waals surface area contributed by atoms with Gasteiger partial charge in [0.05, 0.1) is 30.5 Å². The van der Waals surface area contributed by atoms with Crippen molar-refractivity contribution in [2.75, 3.05) is 39.4 Å². The maximum Gasteiger partial charge on any atom is 0.295 e. The van der Waals surface area contributed by atoms with Crippen molar-refractivity contribution >= 4 is 23.1 Å². The molecule has 2 fully saturated rings. The molecule has 5 rings (SSSR count). The maximum absolute atomic E-state index is 13.6. The van der Waals surface area contributed by atoms with Crippen LogP contribution in [0.4, 0.5) is 0 Å². The largest absolute Gasteiger partial charge is 0.505 e. The molecule has 0 aliphatic carbocycles. The molecule has 0 bridgehead atoms. The summed E-state index contributed by atoms with van der Waals surface area (Å²) in [5.74, 6) is -1.46. The zero-order chi connectivity index (χ0) is 27.2. The number of ketones is 1. The molecule has 0 spiro atoms. The number of Topliss-reactive ketones (excluding diaryl/α,β-unsaturated/α-hetero) is 1. The van der Waals surface area contributed by atoms with E-state index in [1.165, 1.54) is 0 Å². The van der Waals surface area contributed by atoms with Crippen molar-refractivity contribution in [2.45, 2.75) is 46.1 Å². The second-order valence-electron chi connectivity index (χ2n) is 11.2. The molecule has 3 aromatic rings. The summed E-state index contributed by atoms with van der Waals surface area (Å²) < 4.78 is 7.25. The number of hydrogen-bond acceptors (Lipinski definition) is 6. The van der Waals surface area contributed by atoms with Crippen LogP contribution in [0, 0.1) is 13.8 Å². The predicted octanol–water partition coefficient (Wildman–Crippen LogP) is 4.00. The molecule has 8 heteroatoms. The van der Waals surface area contributed by atoms with Crippen LogP contribution in [-0.4, -0.2) is 75.4 Å². The molecule has 2 aromatic heterocycles. The number of ether oxygens (including phenoxy) is 1. The van der Waals surface area contributed by atoms with Crippen molar-refractivity contribution < 1.29 is 19.4 Å². The fourth-order valence-corrected chi connectivity index (χ4v) is 5.43. The Balaban J connectivity index is 1.62. The number of imidazole rings is 1. The highest BCUT2D eigenvalue weighted by Gasteiger charge is 2.46. The number of aryl methyl sites for hydroxylation is 2. The van der Waals surface area contributed by atoms with E-state index < -0.39 is 17.7 Å². The van der Waals surface area contributed by atoms with E-state index in [9.17, 15) is 14.7 Å². The predicted molar refractivity (Wildman–Crippen MR) is 146 cm³/mol. The van der Waals surface area contributed by atoms with Gasteiger partial charge in [0.2, 0.25) is 0 Å². The number of likely N-dealkylation sites (tertiary alicyclic amines) is 1. The summed E-state index contributed by atoms with van der Waals surface area (Å²) in [5.41, 5.74) is 4.70. The Morgan fingerprint density at radius 2 is 1.74 bits per heavy atom. The first kappa shape index (κ1) is 26.1. The van der Waals surface area contributed by atoms with E-state index in [0.29, 0.717) is 43.3 Å². The number of pyridine rings is 1. The number of carbonyl (C=O) groups is 2. The normalized spacial score (nSPS) is 20.6. The molecule has 4 heterocycles. The first-order valence-corrected chi connectivity index (χ1v) is 13.2. The van der Waals surface area contributed by atoms with Crippen LogP contribution in [-0.2, 0) is 19.7 Å². The summed E-state index contributed by atoms with van der Waals surface area (Å²) in [7, 11) is 0. The Bertz CT molecular complexity index is 1410. The first-order valence-electron chi connectivity index (χ1n) is 13.2. The molecule has 2 aliphatic rings. The number of rotatable bonds is 5. The molecular formula is C30H36N4O4. The van der Waals surface area contributed by atoms with Gasteiger partial charge in [0, 0.05) is 32.4 Å². The number of aliphatic hydroxyl groups is 1. The average molecular weight is 517 g/mol. The minimum Gasteiger partial charge on any atom is -0.505 e. The standard InChI is InChI=1S/C30H36N4O4/c1-19-7-6-12-33-24(20(2)31-28(19)33)26(35)23-25(21-8-10-22(11-9-21)30(3,4)5)34(29(37)27(23)36)14-13-32-15-17-38-18-16-32/h6-12,25,35H,13-18H2,1-5H3/b26-23+. The number of amides is 1. The third-order valence-corrected chi connectivity index (χ3v) is 7.64. The van der Waals surface area contributed by atoms with Crippen LogP contribution < -0.4 is 0 Å². The Kier molecular flexibility index (Phi) is 6.88. The van der Waals surface area contributed by atoms with Crippen LogP contribution in [0.1, 0.15) is 54.9 Å². The summed E-state index contributed by atoms with van der Waals surface area (Å²) in [6.45, 7) is 14.1. The van der Waals surface area contributed by atoms with Gasteiger partial charge in [-0.1, -0.05) is 51.1 Å². The minimum atomic E-state index is -0.695. The monoisotopic (exact) mass is 516 g/mol. The van der Waals surface area contributed by atoms with Crippen LogP contribution in [0.25, 0.3) is 11.4 Å². The summed E-state index contributed by atoms with van der Waals surface area (Å²) in [6, 6.07) is 11.2. The summed E-state index contributed by atoms with van der Waals surface area (Å²) in [5, 5.41) is 11.7. The fraction of sp³-hybridized carbons (Fsp3) is 0.433. The Morgan fingerprint density at radius 1 is 1.05 bits per heavy atom. The molecule has 8 nitrogen and oxygen atoms in total.